The predicted molar refractivity (Wildman–Crippen MR) is 67.6 cm³/mol. The largest absolute Gasteiger partial charge is 0.411 e. The van der Waals surface area contributed by atoms with Gasteiger partial charge in [-0.2, -0.15) is 0 Å². The van der Waals surface area contributed by atoms with Crippen LogP contribution in [-0.2, 0) is 23.7 Å². The minimum absolute atomic E-state index is 0.0405. The summed E-state index contributed by atoms with van der Waals surface area (Å²) in [6.07, 6.45) is -1.53. The lowest BCUT2D eigenvalue weighted by molar-refractivity contribution is -0.492. The molecule has 0 spiro atoms. The van der Waals surface area contributed by atoms with Gasteiger partial charge >= 0.3 is 6.16 Å². The van der Waals surface area contributed by atoms with E-state index in [1.54, 1.807) is 0 Å². The predicted octanol–water partition coefficient (Wildman–Crippen LogP) is -0.461. The van der Waals surface area contributed by atoms with Crippen molar-refractivity contribution in [1.82, 2.24) is 0 Å². The SMILES string of the molecule is C=CCOC(O)(OCC=C)OC1CO[C@@H]2C(O)CO[C@H]12. The van der Waals surface area contributed by atoms with Gasteiger partial charge in [-0.15, -0.1) is 13.2 Å². The van der Waals surface area contributed by atoms with Crippen LogP contribution in [0.5, 0.6) is 0 Å². The lowest BCUT2D eigenvalue weighted by Gasteiger charge is -2.30. The van der Waals surface area contributed by atoms with E-state index in [9.17, 15) is 10.2 Å². The molecule has 0 aromatic heterocycles. The fraction of sp³-hybridized carbons (Fsp3) is 0.692. The second-order valence-electron chi connectivity index (χ2n) is 4.54. The van der Waals surface area contributed by atoms with Crippen molar-refractivity contribution in [1.29, 1.82) is 0 Å². The van der Waals surface area contributed by atoms with Gasteiger partial charge in [0.2, 0.25) is 0 Å². The van der Waals surface area contributed by atoms with Gasteiger partial charge in [0.05, 0.1) is 26.4 Å². The highest BCUT2D eigenvalue weighted by Crippen LogP contribution is 2.31. The Morgan fingerprint density at radius 1 is 1.10 bits per heavy atom. The summed E-state index contributed by atoms with van der Waals surface area (Å²) in [5.41, 5.74) is 0. The molecule has 114 valence electrons. The van der Waals surface area contributed by atoms with E-state index in [1.807, 2.05) is 0 Å². The summed E-state index contributed by atoms with van der Waals surface area (Å²) in [7, 11) is 0. The monoisotopic (exact) mass is 288 g/mol. The van der Waals surface area contributed by atoms with Crippen molar-refractivity contribution in [2.45, 2.75) is 30.6 Å². The molecule has 2 heterocycles. The molecule has 7 nitrogen and oxygen atoms in total. The molecule has 4 atom stereocenters. The van der Waals surface area contributed by atoms with Crippen LogP contribution in [0.1, 0.15) is 0 Å². The first-order valence-electron chi connectivity index (χ1n) is 6.41. The zero-order valence-corrected chi connectivity index (χ0v) is 11.1. The summed E-state index contributed by atoms with van der Waals surface area (Å²) in [5, 5.41) is 19.8. The van der Waals surface area contributed by atoms with Gasteiger partial charge in [-0.1, -0.05) is 12.2 Å². The highest BCUT2D eigenvalue weighted by atomic mass is 17.0. The van der Waals surface area contributed by atoms with Crippen LogP contribution in [0.15, 0.2) is 25.3 Å². The molecule has 2 fully saturated rings. The average Bonchev–Trinajstić information content (AvgIpc) is 2.99. The minimum Gasteiger partial charge on any atom is -0.388 e. The Hall–Kier alpha value is -0.800. The molecule has 0 bridgehead atoms. The first-order chi connectivity index (χ1) is 9.59. The van der Waals surface area contributed by atoms with E-state index in [-0.39, 0.29) is 26.4 Å². The Morgan fingerprint density at radius 3 is 2.30 bits per heavy atom. The molecule has 2 aliphatic heterocycles. The highest BCUT2D eigenvalue weighted by molar-refractivity contribution is 4.95. The first kappa shape index (κ1) is 15.6. The normalized spacial score (nSPS) is 33.1. The van der Waals surface area contributed by atoms with E-state index in [1.165, 1.54) is 12.2 Å². The molecule has 2 N–H and O–H groups in total. The maximum absolute atomic E-state index is 10.2. The number of fused-ring (bicyclic) bond motifs is 1. The molecule has 0 aromatic rings. The molecule has 0 aromatic carbocycles. The van der Waals surface area contributed by atoms with E-state index in [0.29, 0.717) is 0 Å². The second-order valence-corrected chi connectivity index (χ2v) is 4.54. The molecule has 2 aliphatic rings. The topological polar surface area (TPSA) is 86.6 Å². The summed E-state index contributed by atoms with van der Waals surface area (Å²) in [5.74, 6) is 0. The Labute approximate surface area is 117 Å². The summed E-state index contributed by atoms with van der Waals surface area (Å²) in [4.78, 5) is 0. The minimum atomic E-state index is -2.23. The van der Waals surface area contributed by atoms with Crippen LogP contribution in [-0.4, -0.2) is 67.2 Å². The van der Waals surface area contributed by atoms with Gasteiger partial charge in [-0.25, -0.2) is 0 Å². The maximum atomic E-state index is 10.2. The third-order valence-corrected chi connectivity index (χ3v) is 3.05. The molecule has 0 saturated carbocycles. The molecule has 2 rings (SSSR count). The van der Waals surface area contributed by atoms with Crippen molar-refractivity contribution in [3.05, 3.63) is 25.3 Å². The van der Waals surface area contributed by atoms with Gasteiger partial charge in [0.25, 0.3) is 0 Å². The van der Waals surface area contributed by atoms with Crippen molar-refractivity contribution < 1.29 is 33.9 Å². The van der Waals surface area contributed by atoms with Gasteiger partial charge in [-0.05, 0) is 0 Å². The average molecular weight is 288 g/mol. The standard InChI is InChI=1S/C13H20O7/c1-3-5-18-13(15,19-6-4-2)20-10-8-17-11-9(14)7-16-12(10)11/h3-4,9-12,14-15H,1-2,5-8H2/t9?,10?,11-,12-/m1/s1. The zero-order chi connectivity index (χ0) is 14.6. The van der Waals surface area contributed by atoms with Crippen LogP contribution in [0, 0.1) is 0 Å². The molecular formula is C13H20O7. The highest BCUT2D eigenvalue weighted by Gasteiger charge is 2.51. The second kappa shape index (κ2) is 6.77. The van der Waals surface area contributed by atoms with Crippen molar-refractivity contribution in [3.63, 3.8) is 0 Å². The van der Waals surface area contributed by atoms with Crippen molar-refractivity contribution in [2.75, 3.05) is 26.4 Å². The zero-order valence-electron chi connectivity index (χ0n) is 11.1. The summed E-state index contributed by atoms with van der Waals surface area (Å²) in [6.45, 7) is 7.40. The van der Waals surface area contributed by atoms with Gasteiger partial charge in [0, 0.05) is 0 Å². The van der Waals surface area contributed by atoms with Gasteiger partial charge in [0.1, 0.15) is 24.4 Å². The summed E-state index contributed by atoms with van der Waals surface area (Å²) in [6, 6.07) is 0. The molecule has 7 heteroatoms. The van der Waals surface area contributed by atoms with Crippen LogP contribution in [0.25, 0.3) is 0 Å². The van der Waals surface area contributed by atoms with Crippen LogP contribution >= 0.6 is 0 Å². The smallest absolute Gasteiger partial charge is 0.388 e. The summed E-state index contributed by atoms with van der Waals surface area (Å²) >= 11 is 0. The lowest BCUT2D eigenvalue weighted by atomic mass is 10.1. The van der Waals surface area contributed by atoms with Crippen LogP contribution in [0.2, 0.25) is 0 Å². The van der Waals surface area contributed by atoms with E-state index in [2.05, 4.69) is 13.2 Å². The molecule has 20 heavy (non-hydrogen) atoms. The van der Waals surface area contributed by atoms with E-state index in [0.717, 1.165) is 0 Å². The fourth-order valence-corrected chi connectivity index (χ4v) is 2.17. The molecule has 0 amide bonds. The lowest BCUT2D eigenvalue weighted by Crippen LogP contribution is -2.46. The van der Waals surface area contributed by atoms with Gasteiger partial charge in [0.15, 0.2) is 0 Å². The Bertz CT molecular complexity index is 334. The fourth-order valence-electron chi connectivity index (χ4n) is 2.17. The van der Waals surface area contributed by atoms with Gasteiger partial charge in [-0.3, -0.25) is 14.2 Å². The number of rotatable bonds is 8. The number of hydrogen-bond donors (Lipinski definition) is 2. The van der Waals surface area contributed by atoms with Crippen molar-refractivity contribution >= 4 is 0 Å². The van der Waals surface area contributed by atoms with Crippen LogP contribution < -0.4 is 0 Å². The van der Waals surface area contributed by atoms with Crippen molar-refractivity contribution in [2.24, 2.45) is 0 Å². The molecule has 2 unspecified atom stereocenters. The van der Waals surface area contributed by atoms with E-state index in [4.69, 9.17) is 23.7 Å². The quantitative estimate of drug-likeness (QED) is 0.461. The van der Waals surface area contributed by atoms with Crippen LogP contribution in [0.4, 0.5) is 0 Å². The Balaban J connectivity index is 1.96. The van der Waals surface area contributed by atoms with E-state index < -0.39 is 30.6 Å². The molecular weight excluding hydrogens is 268 g/mol. The van der Waals surface area contributed by atoms with Crippen molar-refractivity contribution in [3.8, 4) is 0 Å². The van der Waals surface area contributed by atoms with Gasteiger partial charge < -0.3 is 19.7 Å². The Morgan fingerprint density at radius 2 is 1.70 bits per heavy atom. The number of ether oxygens (including phenoxy) is 5. The maximum Gasteiger partial charge on any atom is 0.411 e. The van der Waals surface area contributed by atoms with Crippen LogP contribution in [0.3, 0.4) is 0 Å². The molecule has 2 saturated heterocycles. The third kappa shape index (κ3) is 3.44. The third-order valence-electron chi connectivity index (χ3n) is 3.05. The molecule has 0 aliphatic carbocycles. The Kier molecular flexibility index (Phi) is 5.28. The number of hydrogen-bond acceptors (Lipinski definition) is 7. The van der Waals surface area contributed by atoms with E-state index >= 15 is 0 Å². The number of aliphatic hydroxyl groups is 2. The first-order valence-corrected chi connectivity index (χ1v) is 6.41. The summed E-state index contributed by atoms with van der Waals surface area (Å²) < 4.78 is 26.4. The molecule has 0 radical (unpaired) electrons. The number of aliphatic hydroxyl groups excluding tert-OH is 1.